The number of aromatic nitrogens is 1. The molecule has 8 heteroatoms. The van der Waals surface area contributed by atoms with E-state index in [1.54, 1.807) is 13.8 Å². The summed E-state index contributed by atoms with van der Waals surface area (Å²) in [6.45, 7) is 3.55. The van der Waals surface area contributed by atoms with Gasteiger partial charge in [0.2, 0.25) is 15.9 Å². The van der Waals surface area contributed by atoms with Crippen LogP contribution in [0.5, 0.6) is 0 Å². The van der Waals surface area contributed by atoms with Gasteiger partial charge in [-0.15, -0.1) is 0 Å². The third-order valence-electron chi connectivity index (χ3n) is 2.61. The lowest BCUT2D eigenvalue weighted by Gasteiger charge is -2.18. The number of hydrogen-bond acceptors (Lipinski definition) is 5. The van der Waals surface area contributed by atoms with Gasteiger partial charge in [-0.1, -0.05) is 25.7 Å². The first-order chi connectivity index (χ1) is 9.77. The Bertz CT molecular complexity index is 674. The van der Waals surface area contributed by atoms with Crippen molar-refractivity contribution in [3.63, 3.8) is 0 Å². The second-order valence-corrected chi connectivity index (χ2v) is 6.37. The van der Waals surface area contributed by atoms with E-state index in [-0.39, 0.29) is 17.4 Å². The van der Waals surface area contributed by atoms with Crippen molar-refractivity contribution >= 4 is 15.9 Å². The van der Waals surface area contributed by atoms with Gasteiger partial charge in [0, 0.05) is 18.0 Å². The van der Waals surface area contributed by atoms with Gasteiger partial charge in [-0.3, -0.25) is 9.78 Å². The Labute approximate surface area is 124 Å². The van der Waals surface area contributed by atoms with Gasteiger partial charge in [-0.05, 0) is 12.0 Å². The molecule has 0 aliphatic carbocycles. The highest BCUT2D eigenvalue weighted by atomic mass is 32.2. The highest BCUT2D eigenvalue weighted by molar-refractivity contribution is 7.89. The van der Waals surface area contributed by atoms with Crippen LogP contribution in [0.25, 0.3) is 0 Å². The van der Waals surface area contributed by atoms with Crippen molar-refractivity contribution in [2.24, 2.45) is 17.4 Å². The molecule has 0 spiro atoms. The predicted octanol–water partition coefficient (Wildman–Crippen LogP) is -0.820. The van der Waals surface area contributed by atoms with Gasteiger partial charge in [0.25, 0.3) is 0 Å². The number of carbonyl (C=O) groups is 1. The van der Waals surface area contributed by atoms with Gasteiger partial charge in [-0.25, -0.2) is 8.42 Å². The number of sulfonamides is 1. The highest BCUT2D eigenvalue weighted by Crippen LogP contribution is 2.12. The van der Waals surface area contributed by atoms with Crippen LogP contribution < -0.4 is 16.2 Å². The first kappa shape index (κ1) is 17.1. The minimum absolute atomic E-state index is 0.0850. The number of nitrogens with zero attached hydrogens (tertiary/aromatic N) is 1. The van der Waals surface area contributed by atoms with Crippen molar-refractivity contribution in [2.75, 3.05) is 6.54 Å². The van der Waals surface area contributed by atoms with Crippen molar-refractivity contribution in [3.05, 3.63) is 24.0 Å². The summed E-state index contributed by atoms with van der Waals surface area (Å²) < 4.78 is 26.8. The molecule has 1 atom stereocenters. The first-order valence-corrected chi connectivity index (χ1v) is 7.72. The van der Waals surface area contributed by atoms with E-state index in [2.05, 4.69) is 21.5 Å². The predicted molar refractivity (Wildman–Crippen MR) is 78.3 cm³/mol. The molecule has 21 heavy (non-hydrogen) atoms. The molecule has 1 aromatic heterocycles. The minimum Gasteiger partial charge on any atom is -0.368 e. The lowest BCUT2D eigenvalue weighted by molar-refractivity contribution is -0.120. The number of nitrogens with one attached hydrogen (secondary N) is 1. The number of carbonyl (C=O) groups excluding carboxylic acids is 1. The number of primary amides is 1. The normalized spacial score (nSPS) is 12.6. The Morgan fingerprint density at radius 3 is 2.62 bits per heavy atom. The van der Waals surface area contributed by atoms with Crippen LogP contribution in [0.2, 0.25) is 0 Å². The topological polar surface area (TPSA) is 128 Å². The molecule has 0 aliphatic rings. The molecule has 1 rings (SSSR count). The molecule has 1 heterocycles. The van der Waals surface area contributed by atoms with Crippen LogP contribution in [0.4, 0.5) is 0 Å². The lowest BCUT2D eigenvalue weighted by atomic mass is 10.1. The Morgan fingerprint density at radius 2 is 2.10 bits per heavy atom. The number of amides is 1. The van der Waals surface area contributed by atoms with Crippen molar-refractivity contribution < 1.29 is 13.2 Å². The zero-order valence-corrected chi connectivity index (χ0v) is 12.6. The second kappa shape index (κ2) is 7.17. The maximum absolute atomic E-state index is 12.2. The maximum atomic E-state index is 12.2. The summed E-state index contributed by atoms with van der Waals surface area (Å²) in [4.78, 5) is 15.0. The third kappa shape index (κ3) is 4.82. The van der Waals surface area contributed by atoms with Crippen molar-refractivity contribution in [1.29, 1.82) is 0 Å². The molecule has 0 bridgehead atoms. The van der Waals surface area contributed by atoms with Crippen molar-refractivity contribution in [2.45, 2.75) is 24.8 Å². The molecule has 0 aliphatic heterocycles. The van der Waals surface area contributed by atoms with Gasteiger partial charge in [0.1, 0.15) is 10.9 Å². The van der Waals surface area contributed by atoms with E-state index in [0.717, 1.165) is 0 Å². The van der Waals surface area contributed by atoms with E-state index >= 15 is 0 Å². The van der Waals surface area contributed by atoms with Crippen molar-refractivity contribution in [1.82, 2.24) is 9.71 Å². The molecule has 1 unspecified atom stereocenters. The van der Waals surface area contributed by atoms with Crippen molar-refractivity contribution in [3.8, 4) is 11.8 Å². The molecule has 0 fully saturated rings. The van der Waals surface area contributed by atoms with E-state index in [1.807, 2.05) is 0 Å². The van der Waals surface area contributed by atoms with E-state index in [0.29, 0.717) is 5.56 Å². The number of pyridine rings is 1. The molecular formula is C13H18N4O3S. The largest absolute Gasteiger partial charge is 0.368 e. The summed E-state index contributed by atoms with van der Waals surface area (Å²) in [5, 5.41) is 0. The number of nitrogens with two attached hydrogens (primary N) is 2. The SMILES string of the molecule is CC(C)C(NS(=O)(=O)c1cncc(C#CCN)c1)C(N)=O. The van der Waals surface area contributed by atoms with Crippen LogP contribution in [0.15, 0.2) is 23.4 Å². The summed E-state index contributed by atoms with van der Waals surface area (Å²) in [7, 11) is -3.91. The Hall–Kier alpha value is -1.95. The van der Waals surface area contributed by atoms with Gasteiger partial charge in [0.15, 0.2) is 0 Å². The van der Waals surface area contributed by atoms with Gasteiger partial charge in [0.05, 0.1) is 6.54 Å². The lowest BCUT2D eigenvalue weighted by Crippen LogP contribution is -2.47. The van der Waals surface area contributed by atoms with Gasteiger partial charge >= 0.3 is 0 Å². The van der Waals surface area contributed by atoms with Crippen LogP contribution in [0.1, 0.15) is 19.4 Å². The first-order valence-electron chi connectivity index (χ1n) is 6.23. The molecule has 1 amide bonds. The zero-order chi connectivity index (χ0) is 16.0. The summed E-state index contributed by atoms with van der Waals surface area (Å²) >= 11 is 0. The van der Waals surface area contributed by atoms with E-state index in [4.69, 9.17) is 11.5 Å². The Balaban J connectivity index is 3.10. The van der Waals surface area contributed by atoms with Crippen LogP contribution >= 0.6 is 0 Å². The Morgan fingerprint density at radius 1 is 1.43 bits per heavy atom. The fourth-order valence-electron chi connectivity index (χ4n) is 1.55. The minimum atomic E-state index is -3.91. The molecule has 0 saturated heterocycles. The summed E-state index contributed by atoms with van der Waals surface area (Å²) in [6.07, 6.45) is 2.60. The molecule has 0 radical (unpaired) electrons. The average molecular weight is 310 g/mol. The van der Waals surface area contributed by atoms with E-state index < -0.39 is 22.0 Å². The highest BCUT2D eigenvalue weighted by Gasteiger charge is 2.26. The molecule has 5 N–H and O–H groups in total. The summed E-state index contributed by atoms with van der Waals surface area (Å²) in [5.74, 6) is 4.29. The third-order valence-corrected chi connectivity index (χ3v) is 4.02. The second-order valence-electron chi connectivity index (χ2n) is 4.66. The standard InChI is InChI=1S/C13H18N4O3S/c1-9(2)12(13(15)18)17-21(19,20)11-6-10(4-3-5-14)7-16-8-11/h6-9,12,17H,5,14H2,1-2H3,(H2,15,18). The molecule has 0 aromatic carbocycles. The van der Waals surface area contributed by atoms with Crippen LogP contribution in [0, 0.1) is 17.8 Å². The van der Waals surface area contributed by atoms with E-state index in [9.17, 15) is 13.2 Å². The molecular weight excluding hydrogens is 292 g/mol. The van der Waals surface area contributed by atoms with Crippen LogP contribution in [-0.2, 0) is 14.8 Å². The zero-order valence-electron chi connectivity index (χ0n) is 11.8. The Kier molecular flexibility index (Phi) is 5.84. The fourth-order valence-corrected chi connectivity index (χ4v) is 2.89. The van der Waals surface area contributed by atoms with Crippen LogP contribution in [-0.4, -0.2) is 31.9 Å². The monoisotopic (exact) mass is 310 g/mol. The van der Waals surface area contributed by atoms with Gasteiger partial charge in [-0.2, -0.15) is 4.72 Å². The number of rotatable bonds is 5. The fraction of sp³-hybridized carbons (Fsp3) is 0.385. The number of hydrogen-bond donors (Lipinski definition) is 3. The summed E-state index contributed by atoms with van der Waals surface area (Å²) in [6, 6.07) is 0.366. The van der Waals surface area contributed by atoms with Gasteiger partial charge < -0.3 is 11.5 Å². The molecule has 114 valence electrons. The smallest absolute Gasteiger partial charge is 0.242 e. The van der Waals surface area contributed by atoms with Crippen LogP contribution in [0.3, 0.4) is 0 Å². The molecule has 7 nitrogen and oxygen atoms in total. The average Bonchev–Trinajstić information content (AvgIpc) is 2.42. The molecule has 0 saturated carbocycles. The van der Waals surface area contributed by atoms with E-state index in [1.165, 1.54) is 18.5 Å². The quantitative estimate of drug-likeness (QED) is 0.612. The molecule has 1 aromatic rings. The maximum Gasteiger partial charge on any atom is 0.242 e. The summed E-state index contributed by atoms with van der Waals surface area (Å²) in [5.41, 5.74) is 10.9.